The Labute approximate surface area is 109 Å². The van der Waals surface area contributed by atoms with E-state index in [0.717, 1.165) is 10.5 Å². The molecule has 0 unspecified atom stereocenters. The Morgan fingerprint density at radius 1 is 1.28 bits per heavy atom. The molecule has 0 fully saturated rings. The van der Waals surface area contributed by atoms with Crippen LogP contribution in [-0.2, 0) is 0 Å². The molecule has 0 bridgehead atoms. The van der Waals surface area contributed by atoms with Crippen LogP contribution in [0.25, 0.3) is 0 Å². The molecule has 0 aliphatic carbocycles. The minimum Gasteiger partial charge on any atom is -0.293 e. The van der Waals surface area contributed by atoms with Gasteiger partial charge in [0, 0.05) is 22.9 Å². The zero-order chi connectivity index (χ0) is 13.0. The fraction of sp³-hybridized carbons (Fsp3) is 0.143. The minimum absolute atomic E-state index is 0.0370. The molecule has 0 aliphatic rings. The molecule has 2 rings (SSSR count). The van der Waals surface area contributed by atoms with Gasteiger partial charge in [-0.2, -0.15) is 0 Å². The fourth-order valence-electron chi connectivity index (χ4n) is 1.51. The molecule has 0 spiro atoms. The van der Waals surface area contributed by atoms with Crippen LogP contribution >= 0.6 is 11.8 Å². The van der Waals surface area contributed by atoms with Gasteiger partial charge in [-0.3, -0.25) is 9.78 Å². The van der Waals surface area contributed by atoms with Gasteiger partial charge in [0.25, 0.3) is 0 Å². The van der Waals surface area contributed by atoms with Gasteiger partial charge < -0.3 is 0 Å². The molecule has 4 heteroatoms. The number of pyridine rings is 1. The van der Waals surface area contributed by atoms with Crippen LogP contribution in [0.4, 0.5) is 4.39 Å². The van der Waals surface area contributed by atoms with Gasteiger partial charge in [-0.25, -0.2) is 4.39 Å². The van der Waals surface area contributed by atoms with Crippen LogP contribution in [0.15, 0.2) is 47.6 Å². The summed E-state index contributed by atoms with van der Waals surface area (Å²) in [5.41, 5.74) is 1.57. The van der Waals surface area contributed by atoms with Gasteiger partial charge in [0.05, 0.1) is 5.75 Å². The van der Waals surface area contributed by atoms with E-state index >= 15 is 0 Å². The standard InChI is InChI=1S/C14H12FNOS/c1-10-6-7-16-8-13(10)14(17)9-18-12-4-2-11(15)3-5-12/h2-8H,9H2,1H3. The third-order valence-corrected chi connectivity index (χ3v) is 3.54. The van der Waals surface area contributed by atoms with Crippen molar-refractivity contribution in [1.29, 1.82) is 0 Å². The average Bonchev–Trinajstić information content (AvgIpc) is 2.38. The van der Waals surface area contributed by atoms with Gasteiger partial charge in [-0.15, -0.1) is 11.8 Å². The maximum absolute atomic E-state index is 12.7. The molecule has 0 N–H and O–H groups in total. The predicted octanol–water partition coefficient (Wildman–Crippen LogP) is 3.50. The van der Waals surface area contributed by atoms with Crippen molar-refractivity contribution in [3.05, 3.63) is 59.7 Å². The third kappa shape index (κ3) is 3.17. The number of benzene rings is 1. The SMILES string of the molecule is Cc1ccncc1C(=O)CSc1ccc(F)cc1. The zero-order valence-electron chi connectivity index (χ0n) is 9.89. The molecule has 0 aliphatic heterocycles. The lowest BCUT2D eigenvalue weighted by atomic mass is 10.1. The average molecular weight is 261 g/mol. The van der Waals surface area contributed by atoms with Crippen LogP contribution in [0.2, 0.25) is 0 Å². The Kier molecular flexibility index (Phi) is 4.10. The number of hydrogen-bond acceptors (Lipinski definition) is 3. The Hall–Kier alpha value is -1.68. The highest BCUT2D eigenvalue weighted by atomic mass is 32.2. The van der Waals surface area contributed by atoms with Crippen LogP contribution in [-0.4, -0.2) is 16.5 Å². The smallest absolute Gasteiger partial charge is 0.174 e. The molecule has 1 aromatic carbocycles. The topological polar surface area (TPSA) is 30.0 Å². The number of nitrogens with zero attached hydrogens (tertiary/aromatic N) is 1. The molecule has 0 saturated heterocycles. The number of carbonyl (C=O) groups excluding carboxylic acids is 1. The van der Waals surface area contributed by atoms with E-state index in [4.69, 9.17) is 0 Å². The van der Waals surface area contributed by atoms with Gasteiger partial charge in [0.15, 0.2) is 5.78 Å². The van der Waals surface area contributed by atoms with Crippen molar-refractivity contribution in [3.8, 4) is 0 Å². The second kappa shape index (κ2) is 5.78. The van der Waals surface area contributed by atoms with Crippen LogP contribution in [0, 0.1) is 12.7 Å². The molecule has 0 amide bonds. The highest BCUT2D eigenvalue weighted by Gasteiger charge is 2.09. The van der Waals surface area contributed by atoms with E-state index in [0.29, 0.717) is 11.3 Å². The molecule has 0 atom stereocenters. The van der Waals surface area contributed by atoms with E-state index in [9.17, 15) is 9.18 Å². The lowest BCUT2D eigenvalue weighted by Crippen LogP contribution is -2.05. The number of Topliss-reactive ketones (excluding diaryl/α,β-unsaturated/α-hetero) is 1. The lowest BCUT2D eigenvalue weighted by Gasteiger charge is -2.04. The number of aryl methyl sites for hydroxylation is 1. The van der Waals surface area contributed by atoms with Crippen molar-refractivity contribution in [2.24, 2.45) is 0 Å². The molecule has 18 heavy (non-hydrogen) atoms. The van der Waals surface area contributed by atoms with Crippen molar-refractivity contribution in [2.45, 2.75) is 11.8 Å². The van der Waals surface area contributed by atoms with Crippen molar-refractivity contribution in [2.75, 3.05) is 5.75 Å². The van der Waals surface area contributed by atoms with Crippen molar-refractivity contribution < 1.29 is 9.18 Å². The van der Waals surface area contributed by atoms with Crippen LogP contribution in [0.1, 0.15) is 15.9 Å². The number of aromatic nitrogens is 1. The van der Waals surface area contributed by atoms with Crippen molar-refractivity contribution >= 4 is 17.5 Å². The van der Waals surface area contributed by atoms with Gasteiger partial charge in [0.1, 0.15) is 5.82 Å². The second-order valence-electron chi connectivity index (χ2n) is 3.86. The highest BCUT2D eigenvalue weighted by molar-refractivity contribution is 8.00. The Morgan fingerprint density at radius 3 is 2.67 bits per heavy atom. The summed E-state index contributed by atoms with van der Waals surface area (Å²) >= 11 is 1.40. The first kappa shape index (κ1) is 12.8. The summed E-state index contributed by atoms with van der Waals surface area (Å²) in [5, 5.41) is 0. The van der Waals surface area contributed by atoms with E-state index in [1.54, 1.807) is 24.5 Å². The first-order valence-corrected chi connectivity index (χ1v) is 6.47. The first-order chi connectivity index (χ1) is 8.66. The number of carbonyl (C=O) groups is 1. The lowest BCUT2D eigenvalue weighted by molar-refractivity contribution is 0.102. The van der Waals surface area contributed by atoms with E-state index < -0.39 is 0 Å². The third-order valence-electron chi connectivity index (χ3n) is 2.52. The van der Waals surface area contributed by atoms with Crippen molar-refractivity contribution in [1.82, 2.24) is 4.98 Å². The molecule has 0 saturated carbocycles. The quantitative estimate of drug-likeness (QED) is 0.623. The van der Waals surface area contributed by atoms with E-state index in [-0.39, 0.29) is 11.6 Å². The molecular weight excluding hydrogens is 249 g/mol. The number of halogens is 1. The normalized spacial score (nSPS) is 10.3. The summed E-state index contributed by atoms with van der Waals surface area (Å²) in [6.07, 6.45) is 3.25. The zero-order valence-corrected chi connectivity index (χ0v) is 10.7. The fourth-order valence-corrected chi connectivity index (χ4v) is 2.30. The van der Waals surface area contributed by atoms with Gasteiger partial charge >= 0.3 is 0 Å². The van der Waals surface area contributed by atoms with Gasteiger partial charge in [0.2, 0.25) is 0 Å². The summed E-state index contributed by atoms with van der Waals surface area (Å²) in [5.74, 6) is 0.0988. The molecule has 1 aromatic heterocycles. The molecule has 0 radical (unpaired) electrons. The summed E-state index contributed by atoms with van der Waals surface area (Å²) in [4.78, 5) is 16.8. The molecule has 2 aromatic rings. The van der Waals surface area contributed by atoms with E-state index in [2.05, 4.69) is 4.98 Å². The molecule has 92 valence electrons. The Bertz CT molecular complexity index is 554. The van der Waals surface area contributed by atoms with Gasteiger partial charge in [-0.05, 0) is 42.8 Å². The van der Waals surface area contributed by atoms with E-state index in [1.165, 1.54) is 23.9 Å². The monoisotopic (exact) mass is 261 g/mol. The summed E-state index contributed by atoms with van der Waals surface area (Å²) < 4.78 is 12.7. The molecular formula is C14H12FNOS. The van der Waals surface area contributed by atoms with Crippen molar-refractivity contribution in [3.63, 3.8) is 0 Å². The minimum atomic E-state index is -0.270. The van der Waals surface area contributed by atoms with Crippen LogP contribution in [0.3, 0.4) is 0 Å². The Morgan fingerprint density at radius 2 is 2.00 bits per heavy atom. The van der Waals surface area contributed by atoms with E-state index in [1.807, 2.05) is 13.0 Å². The van der Waals surface area contributed by atoms with Crippen LogP contribution < -0.4 is 0 Å². The number of hydrogen-bond donors (Lipinski definition) is 0. The summed E-state index contributed by atoms with van der Waals surface area (Å²) in [6.45, 7) is 1.89. The molecule has 1 heterocycles. The predicted molar refractivity (Wildman–Crippen MR) is 70.4 cm³/mol. The number of ketones is 1. The Balaban J connectivity index is 2.01. The summed E-state index contributed by atoms with van der Waals surface area (Å²) in [6, 6.07) is 7.94. The number of thioether (sulfide) groups is 1. The summed E-state index contributed by atoms with van der Waals surface area (Å²) in [7, 11) is 0. The second-order valence-corrected chi connectivity index (χ2v) is 4.91. The van der Waals surface area contributed by atoms with Crippen LogP contribution in [0.5, 0.6) is 0 Å². The molecule has 2 nitrogen and oxygen atoms in total. The van der Waals surface area contributed by atoms with Gasteiger partial charge in [-0.1, -0.05) is 0 Å². The highest BCUT2D eigenvalue weighted by Crippen LogP contribution is 2.20. The first-order valence-electron chi connectivity index (χ1n) is 5.49. The largest absolute Gasteiger partial charge is 0.293 e. The number of rotatable bonds is 4. The maximum atomic E-state index is 12.7. The maximum Gasteiger partial charge on any atom is 0.174 e.